The van der Waals surface area contributed by atoms with Gasteiger partial charge in [0.05, 0.1) is 13.2 Å². The molecule has 0 spiro atoms. The van der Waals surface area contributed by atoms with E-state index in [2.05, 4.69) is 13.8 Å². The Balaban J connectivity index is 3.81. The third-order valence-electron chi connectivity index (χ3n) is 10.5. The lowest BCUT2D eigenvalue weighted by Gasteiger charge is -2.19. The Morgan fingerprint density at radius 3 is 1.11 bits per heavy atom. The SMILES string of the molecule is CCCCCCCCCCCCCCCCCCCCCCCCCCCCCC(=O)OC(COC(=O)CCCCCCCCC)COP(=O)(O)OCCN. The third-order valence-corrected chi connectivity index (χ3v) is 11.5. The molecule has 328 valence electrons. The Kier molecular flexibility index (Phi) is 41.8. The Morgan fingerprint density at radius 1 is 0.473 bits per heavy atom. The summed E-state index contributed by atoms with van der Waals surface area (Å²) in [5, 5.41) is 0. The molecule has 0 rings (SSSR count). The van der Waals surface area contributed by atoms with Crippen molar-refractivity contribution in [2.45, 2.75) is 251 Å². The minimum Gasteiger partial charge on any atom is -0.462 e. The van der Waals surface area contributed by atoms with Crippen molar-refractivity contribution in [3.05, 3.63) is 0 Å². The fourth-order valence-corrected chi connectivity index (χ4v) is 7.76. The van der Waals surface area contributed by atoms with Crippen LogP contribution in [-0.2, 0) is 32.7 Å². The monoisotopic (exact) mass is 804 g/mol. The first-order chi connectivity index (χ1) is 26.8. The Labute approximate surface area is 339 Å². The summed E-state index contributed by atoms with van der Waals surface area (Å²) >= 11 is 0. The highest BCUT2D eigenvalue weighted by Crippen LogP contribution is 2.43. The van der Waals surface area contributed by atoms with Crippen LogP contribution in [0.15, 0.2) is 0 Å². The van der Waals surface area contributed by atoms with Crippen LogP contribution in [0.4, 0.5) is 0 Å². The van der Waals surface area contributed by atoms with Crippen LogP contribution in [0.5, 0.6) is 0 Å². The van der Waals surface area contributed by atoms with E-state index in [1.54, 1.807) is 0 Å². The van der Waals surface area contributed by atoms with Gasteiger partial charge in [0, 0.05) is 19.4 Å². The molecule has 0 aliphatic rings. The Morgan fingerprint density at radius 2 is 0.782 bits per heavy atom. The highest BCUT2D eigenvalue weighted by atomic mass is 31.2. The van der Waals surface area contributed by atoms with Crippen LogP contribution in [0.1, 0.15) is 245 Å². The van der Waals surface area contributed by atoms with Gasteiger partial charge in [-0.25, -0.2) is 4.57 Å². The van der Waals surface area contributed by atoms with E-state index >= 15 is 0 Å². The molecule has 0 saturated carbocycles. The van der Waals surface area contributed by atoms with Crippen molar-refractivity contribution >= 4 is 19.8 Å². The fraction of sp³-hybridized carbons (Fsp3) is 0.956. The maximum atomic E-state index is 12.6. The number of unbranched alkanes of at least 4 members (excludes halogenated alkanes) is 32. The fourth-order valence-electron chi connectivity index (χ4n) is 6.99. The smallest absolute Gasteiger partial charge is 0.462 e. The van der Waals surface area contributed by atoms with Gasteiger partial charge in [0.2, 0.25) is 0 Å². The van der Waals surface area contributed by atoms with Crippen LogP contribution in [0.2, 0.25) is 0 Å². The van der Waals surface area contributed by atoms with Crippen LogP contribution in [0, 0.1) is 0 Å². The number of nitrogens with two attached hydrogens (primary N) is 1. The molecule has 2 unspecified atom stereocenters. The van der Waals surface area contributed by atoms with Crippen molar-refractivity contribution in [2.24, 2.45) is 5.73 Å². The van der Waals surface area contributed by atoms with E-state index in [0.29, 0.717) is 6.42 Å². The summed E-state index contributed by atoms with van der Waals surface area (Å²) in [5.74, 6) is -0.821. The molecule has 2 atom stereocenters. The maximum absolute atomic E-state index is 12.6. The second-order valence-corrected chi connectivity index (χ2v) is 17.4. The minimum absolute atomic E-state index is 0.0577. The van der Waals surface area contributed by atoms with Crippen molar-refractivity contribution in [3.8, 4) is 0 Å². The second-order valence-electron chi connectivity index (χ2n) is 16.0. The van der Waals surface area contributed by atoms with E-state index in [-0.39, 0.29) is 38.6 Å². The number of phosphoric ester groups is 1. The van der Waals surface area contributed by atoms with Crippen LogP contribution in [-0.4, -0.2) is 49.3 Å². The topological polar surface area (TPSA) is 134 Å². The molecule has 3 N–H and O–H groups in total. The molecular weight excluding hydrogens is 713 g/mol. The number of ether oxygens (including phenoxy) is 2. The van der Waals surface area contributed by atoms with Crippen LogP contribution < -0.4 is 5.73 Å². The summed E-state index contributed by atoms with van der Waals surface area (Å²) in [6, 6.07) is 0. The quantitative estimate of drug-likeness (QED) is 0.0350. The molecule has 0 aromatic heterocycles. The summed E-state index contributed by atoms with van der Waals surface area (Å²) < 4.78 is 32.7. The highest BCUT2D eigenvalue weighted by molar-refractivity contribution is 7.47. The van der Waals surface area contributed by atoms with Crippen molar-refractivity contribution in [1.82, 2.24) is 0 Å². The van der Waals surface area contributed by atoms with Crippen molar-refractivity contribution in [3.63, 3.8) is 0 Å². The average molecular weight is 804 g/mol. The number of esters is 2. The van der Waals surface area contributed by atoms with Gasteiger partial charge in [-0.15, -0.1) is 0 Å². The zero-order valence-corrected chi connectivity index (χ0v) is 37.1. The number of carbonyl (C=O) groups is 2. The molecule has 10 heteroatoms. The molecule has 0 radical (unpaired) electrons. The van der Waals surface area contributed by atoms with Crippen LogP contribution >= 0.6 is 7.82 Å². The molecular formula is C45H90NO8P. The molecule has 9 nitrogen and oxygen atoms in total. The summed E-state index contributed by atoms with van der Waals surface area (Å²) in [6.45, 7) is 3.72. The first kappa shape index (κ1) is 54.0. The molecule has 0 saturated heterocycles. The van der Waals surface area contributed by atoms with E-state index in [4.69, 9.17) is 24.3 Å². The summed E-state index contributed by atoms with van der Waals surface area (Å²) in [5.41, 5.74) is 5.34. The van der Waals surface area contributed by atoms with Gasteiger partial charge < -0.3 is 20.1 Å². The molecule has 0 heterocycles. The largest absolute Gasteiger partial charge is 0.472 e. The minimum atomic E-state index is -4.36. The van der Waals surface area contributed by atoms with Crippen molar-refractivity contribution in [1.29, 1.82) is 0 Å². The van der Waals surface area contributed by atoms with Gasteiger partial charge >= 0.3 is 19.8 Å². The number of hydrogen-bond acceptors (Lipinski definition) is 8. The van der Waals surface area contributed by atoms with Gasteiger partial charge in [-0.2, -0.15) is 0 Å². The predicted molar refractivity (Wildman–Crippen MR) is 229 cm³/mol. The first-order valence-corrected chi connectivity index (χ1v) is 25.0. The molecule has 0 aliphatic carbocycles. The van der Waals surface area contributed by atoms with E-state index in [9.17, 15) is 19.0 Å². The average Bonchev–Trinajstić information content (AvgIpc) is 3.17. The molecule has 0 bridgehead atoms. The number of hydrogen-bond donors (Lipinski definition) is 2. The lowest BCUT2D eigenvalue weighted by atomic mass is 10.0. The van der Waals surface area contributed by atoms with E-state index in [0.717, 1.165) is 32.1 Å². The number of rotatable bonds is 45. The van der Waals surface area contributed by atoms with Gasteiger partial charge in [0.25, 0.3) is 0 Å². The zero-order valence-electron chi connectivity index (χ0n) is 36.2. The Bertz CT molecular complexity index is 876. The lowest BCUT2D eigenvalue weighted by molar-refractivity contribution is -0.161. The third kappa shape index (κ3) is 42.4. The van der Waals surface area contributed by atoms with Crippen LogP contribution in [0.3, 0.4) is 0 Å². The van der Waals surface area contributed by atoms with Crippen molar-refractivity contribution < 1.29 is 37.6 Å². The molecule has 55 heavy (non-hydrogen) atoms. The second kappa shape index (κ2) is 42.6. The normalized spacial score (nSPS) is 13.2. The van der Waals surface area contributed by atoms with Gasteiger partial charge in [0.1, 0.15) is 6.61 Å². The summed E-state index contributed by atoms with van der Waals surface area (Å²) in [4.78, 5) is 34.7. The van der Waals surface area contributed by atoms with Gasteiger partial charge in [-0.05, 0) is 12.8 Å². The molecule has 0 amide bonds. The predicted octanol–water partition coefficient (Wildman–Crippen LogP) is 13.6. The lowest BCUT2D eigenvalue weighted by Crippen LogP contribution is -2.29. The summed E-state index contributed by atoms with van der Waals surface area (Å²) in [6.07, 6.45) is 43.3. The number of phosphoric acid groups is 1. The molecule has 0 aromatic carbocycles. The highest BCUT2D eigenvalue weighted by Gasteiger charge is 2.26. The van der Waals surface area contributed by atoms with E-state index in [1.165, 1.54) is 180 Å². The zero-order chi connectivity index (χ0) is 40.3. The first-order valence-electron chi connectivity index (χ1n) is 23.5. The maximum Gasteiger partial charge on any atom is 0.472 e. The van der Waals surface area contributed by atoms with Gasteiger partial charge in [0.15, 0.2) is 6.10 Å². The Hall–Kier alpha value is -0.990. The van der Waals surface area contributed by atoms with Crippen molar-refractivity contribution in [2.75, 3.05) is 26.4 Å². The molecule has 0 aliphatic heterocycles. The van der Waals surface area contributed by atoms with Crippen LogP contribution in [0.25, 0.3) is 0 Å². The van der Waals surface area contributed by atoms with Gasteiger partial charge in [-0.1, -0.05) is 219 Å². The summed E-state index contributed by atoms with van der Waals surface area (Å²) in [7, 11) is -4.36. The number of carbonyl (C=O) groups excluding carboxylic acids is 2. The molecule has 0 fully saturated rings. The van der Waals surface area contributed by atoms with E-state index in [1.807, 2.05) is 0 Å². The molecule has 0 aromatic rings. The van der Waals surface area contributed by atoms with Gasteiger partial charge in [-0.3, -0.25) is 18.6 Å². The standard InChI is InChI=1S/C45H90NO8P/c1-3-5-7-9-11-12-13-14-15-16-17-18-19-20-21-22-23-24-25-26-27-28-29-30-32-34-36-38-45(48)54-43(42-53-55(49,50)52-40-39-46)41-51-44(47)37-35-33-31-10-8-6-4-2/h43H,3-42,46H2,1-2H3,(H,49,50). The van der Waals surface area contributed by atoms with E-state index < -0.39 is 26.5 Å².